The first-order valence-corrected chi connectivity index (χ1v) is 11.2. The number of rotatable bonds is 6. The van der Waals surface area contributed by atoms with Gasteiger partial charge in [0.1, 0.15) is 0 Å². The fourth-order valence-electron chi connectivity index (χ4n) is 3.91. The molecule has 0 radical (unpaired) electrons. The Morgan fingerprint density at radius 2 is 1.78 bits per heavy atom. The van der Waals surface area contributed by atoms with E-state index in [4.69, 9.17) is 0 Å². The Hall–Kier alpha value is -3.74. The summed E-state index contributed by atoms with van der Waals surface area (Å²) in [5, 5.41) is 4.99. The molecule has 1 aromatic carbocycles. The Balaban J connectivity index is 1.72. The highest BCUT2D eigenvalue weighted by Gasteiger charge is 2.36. The van der Waals surface area contributed by atoms with Crippen molar-refractivity contribution in [3.05, 3.63) is 59.0 Å². The maximum Gasteiger partial charge on any atom is 0.435 e. The summed E-state index contributed by atoms with van der Waals surface area (Å²) in [6, 6.07) is 4.13. The standard InChI is InChI=1S/C24H22F6N6O/c1-36(2)7-3-4-13-8-18(21(31-11-13)24(28,29)30)34-22-32-12-14-9-19(37)33-17-10-15(23(25,26)27)5-6-16(17)20(14)35-22/h5-6,8,10-12H,3-4,7,9H2,1-2H3,(H,33,37)(H,32,34,35). The predicted molar refractivity (Wildman–Crippen MR) is 124 cm³/mol. The van der Waals surface area contributed by atoms with Crippen molar-refractivity contribution < 1.29 is 31.1 Å². The van der Waals surface area contributed by atoms with E-state index in [0.29, 0.717) is 24.0 Å². The van der Waals surface area contributed by atoms with E-state index < -0.39 is 29.5 Å². The zero-order valence-electron chi connectivity index (χ0n) is 19.8. The molecule has 1 aliphatic heterocycles. The molecule has 0 aliphatic carbocycles. The van der Waals surface area contributed by atoms with Gasteiger partial charge in [0, 0.05) is 23.5 Å². The number of carbonyl (C=O) groups excluding carboxylic acids is 1. The van der Waals surface area contributed by atoms with Crippen LogP contribution in [0.1, 0.15) is 28.8 Å². The van der Waals surface area contributed by atoms with Gasteiger partial charge in [-0.05, 0) is 57.2 Å². The number of hydrogen-bond acceptors (Lipinski definition) is 6. The summed E-state index contributed by atoms with van der Waals surface area (Å²) in [4.78, 5) is 26.2. The number of aryl methyl sites for hydroxylation is 1. The Morgan fingerprint density at radius 3 is 2.46 bits per heavy atom. The summed E-state index contributed by atoms with van der Waals surface area (Å²) >= 11 is 0. The highest BCUT2D eigenvalue weighted by molar-refractivity contribution is 6.00. The monoisotopic (exact) mass is 524 g/mol. The van der Waals surface area contributed by atoms with Crippen LogP contribution in [0.15, 0.2) is 36.7 Å². The topological polar surface area (TPSA) is 83.0 Å². The fourth-order valence-corrected chi connectivity index (χ4v) is 3.91. The lowest BCUT2D eigenvalue weighted by Gasteiger charge is -2.16. The first kappa shape index (κ1) is 26.3. The van der Waals surface area contributed by atoms with Crippen LogP contribution in [0.5, 0.6) is 0 Å². The van der Waals surface area contributed by atoms with Crippen molar-refractivity contribution in [1.82, 2.24) is 19.9 Å². The molecule has 0 spiro atoms. The Bertz CT molecular complexity index is 1320. The highest BCUT2D eigenvalue weighted by Crippen LogP contribution is 2.39. The second-order valence-electron chi connectivity index (χ2n) is 8.82. The molecule has 0 fully saturated rings. The fraction of sp³-hybridized carbons (Fsp3) is 0.333. The van der Waals surface area contributed by atoms with Gasteiger partial charge >= 0.3 is 12.4 Å². The molecule has 0 saturated carbocycles. The van der Waals surface area contributed by atoms with Crippen molar-refractivity contribution in [2.45, 2.75) is 31.6 Å². The largest absolute Gasteiger partial charge is 0.435 e. The van der Waals surface area contributed by atoms with Crippen molar-refractivity contribution in [3.63, 3.8) is 0 Å². The predicted octanol–water partition coefficient (Wildman–Crippen LogP) is 5.31. The zero-order chi connectivity index (χ0) is 27.0. The van der Waals surface area contributed by atoms with Gasteiger partial charge in [0.15, 0.2) is 5.69 Å². The van der Waals surface area contributed by atoms with Crippen LogP contribution in [-0.4, -0.2) is 46.4 Å². The summed E-state index contributed by atoms with van der Waals surface area (Å²) < 4.78 is 80.5. The molecule has 13 heteroatoms. The lowest BCUT2D eigenvalue weighted by molar-refractivity contribution is -0.140. The average molecular weight is 524 g/mol. The molecule has 4 rings (SSSR count). The molecule has 0 atom stereocenters. The normalized spacial score (nSPS) is 13.6. The minimum Gasteiger partial charge on any atom is -0.325 e. The summed E-state index contributed by atoms with van der Waals surface area (Å²) in [5.74, 6) is -0.797. The molecule has 0 bridgehead atoms. The lowest BCUT2D eigenvalue weighted by atomic mass is 10.0. The molecule has 2 N–H and O–H groups in total. The van der Waals surface area contributed by atoms with Gasteiger partial charge in [0.2, 0.25) is 11.9 Å². The van der Waals surface area contributed by atoms with Gasteiger partial charge in [-0.2, -0.15) is 26.3 Å². The molecule has 3 aromatic rings. The lowest BCUT2D eigenvalue weighted by Crippen LogP contribution is -2.15. The van der Waals surface area contributed by atoms with Crippen molar-refractivity contribution in [2.24, 2.45) is 0 Å². The molecule has 2 aromatic heterocycles. The minimum atomic E-state index is -4.76. The van der Waals surface area contributed by atoms with Crippen LogP contribution >= 0.6 is 0 Å². The van der Waals surface area contributed by atoms with E-state index in [1.165, 1.54) is 18.5 Å². The van der Waals surface area contributed by atoms with Crippen LogP contribution in [0, 0.1) is 0 Å². The number of benzene rings is 1. The quantitative estimate of drug-likeness (QED) is 0.426. The number of alkyl halides is 6. The molecular formula is C24H22F6N6O. The average Bonchev–Trinajstić information content (AvgIpc) is 2.92. The summed E-state index contributed by atoms with van der Waals surface area (Å²) in [6.45, 7) is 0.736. The maximum absolute atomic E-state index is 13.7. The van der Waals surface area contributed by atoms with Gasteiger partial charge in [-0.1, -0.05) is 6.07 Å². The van der Waals surface area contributed by atoms with Gasteiger partial charge in [-0.3, -0.25) is 4.79 Å². The van der Waals surface area contributed by atoms with Crippen molar-refractivity contribution in [2.75, 3.05) is 31.3 Å². The van der Waals surface area contributed by atoms with Gasteiger partial charge in [0.05, 0.1) is 29.1 Å². The van der Waals surface area contributed by atoms with E-state index in [0.717, 1.165) is 24.7 Å². The smallest absolute Gasteiger partial charge is 0.325 e. The minimum absolute atomic E-state index is 0.108. The third kappa shape index (κ3) is 6.16. The Morgan fingerprint density at radius 1 is 1.03 bits per heavy atom. The Kier molecular flexibility index (Phi) is 7.09. The van der Waals surface area contributed by atoms with Crippen molar-refractivity contribution in [1.29, 1.82) is 0 Å². The second-order valence-corrected chi connectivity index (χ2v) is 8.82. The summed E-state index contributed by atoms with van der Waals surface area (Å²) in [7, 11) is 3.78. The number of pyridine rings is 1. The number of nitrogens with zero attached hydrogens (tertiary/aromatic N) is 4. The molecule has 196 valence electrons. The molecule has 0 saturated heterocycles. The van der Waals surface area contributed by atoms with E-state index in [9.17, 15) is 31.1 Å². The third-order valence-corrected chi connectivity index (χ3v) is 5.62. The van der Waals surface area contributed by atoms with Crippen LogP contribution in [0.3, 0.4) is 0 Å². The molecule has 1 amide bonds. The molecule has 1 aliphatic rings. The first-order valence-electron chi connectivity index (χ1n) is 11.2. The third-order valence-electron chi connectivity index (χ3n) is 5.62. The number of carbonyl (C=O) groups is 1. The van der Waals surface area contributed by atoms with E-state index in [2.05, 4.69) is 25.6 Å². The van der Waals surface area contributed by atoms with Crippen LogP contribution in [0.2, 0.25) is 0 Å². The van der Waals surface area contributed by atoms with E-state index in [-0.39, 0.29) is 35.0 Å². The number of fused-ring (bicyclic) bond motifs is 3. The maximum atomic E-state index is 13.7. The van der Waals surface area contributed by atoms with E-state index >= 15 is 0 Å². The number of halogens is 6. The number of nitrogens with one attached hydrogen (secondary N) is 2. The zero-order valence-corrected chi connectivity index (χ0v) is 19.8. The number of amides is 1. The Labute approximate surface area is 207 Å². The molecule has 3 heterocycles. The van der Waals surface area contributed by atoms with Crippen molar-refractivity contribution in [3.8, 4) is 11.3 Å². The number of hydrogen-bond donors (Lipinski definition) is 2. The van der Waals surface area contributed by atoms with Crippen LogP contribution in [-0.2, 0) is 30.0 Å². The van der Waals surface area contributed by atoms with E-state index in [1.54, 1.807) is 0 Å². The van der Waals surface area contributed by atoms with Crippen LogP contribution < -0.4 is 10.6 Å². The van der Waals surface area contributed by atoms with Gasteiger partial charge < -0.3 is 15.5 Å². The van der Waals surface area contributed by atoms with Gasteiger partial charge in [-0.25, -0.2) is 15.0 Å². The molecule has 37 heavy (non-hydrogen) atoms. The molecular weight excluding hydrogens is 502 g/mol. The van der Waals surface area contributed by atoms with Crippen LogP contribution in [0.25, 0.3) is 11.3 Å². The number of aromatic nitrogens is 3. The second kappa shape index (κ2) is 9.96. The molecule has 7 nitrogen and oxygen atoms in total. The highest BCUT2D eigenvalue weighted by atomic mass is 19.4. The van der Waals surface area contributed by atoms with Crippen molar-refractivity contribution >= 4 is 23.2 Å². The van der Waals surface area contributed by atoms with Gasteiger partial charge in [-0.15, -0.1) is 0 Å². The van der Waals surface area contributed by atoms with E-state index in [1.807, 2.05) is 19.0 Å². The molecule has 0 unspecified atom stereocenters. The number of anilines is 3. The first-order chi connectivity index (χ1) is 17.3. The van der Waals surface area contributed by atoms with Gasteiger partial charge in [0.25, 0.3) is 0 Å². The summed E-state index contributed by atoms with van der Waals surface area (Å²) in [5.41, 5.74) is -1.38. The summed E-state index contributed by atoms with van der Waals surface area (Å²) in [6.07, 6.45) is -5.98. The SMILES string of the molecule is CN(C)CCCc1cnc(C(F)(F)F)c(Nc2ncc3c(n2)-c2ccc(C(F)(F)F)cc2NC(=O)C3)c1. The van der Waals surface area contributed by atoms with Crippen LogP contribution in [0.4, 0.5) is 43.7 Å².